The molecule has 1 atom stereocenters. The average Bonchev–Trinajstić information content (AvgIpc) is 2.41. The van der Waals surface area contributed by atoms with Crippen LogP contribution in [0.2, 0.25) is 0 Å². The van der Waals surface area contributed by atoms with Gasteiger partial charge in [-0.25, -0.2) is 0 Å². The van der Waals surface area contributed by atoms with E-state index in [1.54, 1.807) is 0 Å². The van der Waals surface area contributed by atoms with Crippen molar-refractivity contribution in [3.63, 3.8) is 0 Å². The minimum Gasteiger partial charge on any atom is -0.316 e. The highest BCUT2D eigenvalue weighted by Gasteiger charge is 2.11. The molecule has 0 aliphatic carbocycles. The van der Waals surface area contributed by atoms with Gasteiger partial charge < -0.3 is 5.32 Å². The van der Waals surface area contributed by atoms with Crippen LogP contribution in [0.15, 0.2) is 28.7 Å². The first-order valence-corrected chi connectivity index (χ1v) is 8.89. The molecule has 0 aliphatic heterocycles. The molecule has 0 aromatic heterocycles. The number of hydrogen-bond acceptors (Lipinski definition) is 1. The molecule has 0 heterocycles. The van der Waals surface area contributed by atoms with E-state index in [2.05, 4.69) is 66.3 Å². The van der Waals surface area contributed by atoms with E-state index in [1.807, 2.05) is 0 Å². The maximum atomic E-state index is 3.63. The summed E-state index contributed by atoms with van der Waals surface area (Å²) in [7, 11) is 0. The molecule has 1 unspecified atom stereocenters. The van der Waals surface area contributed by atoms with Crippen LogP contribution in [0.4, 0.5) is 0 Å². The summed E-state index contributed by atoms with van der Waals surface area (Å²) in [5.74, 6) is 1.36. The van der Waals surface area contributed by atoms with Crippen molar-refractivity contribution in [1.82, 2.24) is 5.32 Å². The minimum absolute atomic E-state index is 0.642. The molecule has 114 valence electrons. The Balaban J connectivity index is 2.53. The topological polar surface area (TPSA) is 12.0 Å². The second-order valence-corrected chi connectivity index (χ2v) is 7.07. The van der Waals surface area contributed by atoms with E-state index in [0.29, 0.717) is 5.92 Å². The molecular formula is C18H30BrN. The highest BCUT2D eigenvalue weighted by atomic mass is 79.9. The van der Waals surface area contributed by atoms with E-state index in [9.17, 15) is 0 Å². The van der Waals surface area contributed by atoms with Crippen LogP contribution in [-0.2, 0) is 0 Å². The molecule has 0 aliphatic rings. The van der Waals surface area contributed by atoms with Gasteiger partial charge in [-0.1, -0.05) is 74.5 Å². The van der Waals surface area contributed by atoms with E-state index in [0.717, 1.165) is 19.0 Å². The van der Waals surface area contributed by atoms with Gasteiger partial charge in [-0.2, -0.15) is 0 Å². The Kier molecular flexibility index (Phi) is 9.21. The van der Waals surface area contributed by atoms with Crippen molar-refractivity contribution >= 4 is 15.9 Å². The van der Waals surface area contributed by atoms with Gasteiger partial charge in [0, 0.05) is 11.0 Å². The Morgan fingerprint density at radius 2 is 1.90 bits per heavy atom. The maximum Gasteiger partial charge on any atom is 0.0178 e. The molecule has 0 saturated carbocycles. The van der Waals surface area contributed by atoms with Crippen molar-refractivity contribution in [1.29, 1.82) is 0 Å². The standard InChI is InChI=1S/C18H30BrN/c1-4-5-6-7-9-17(14-20-13-15(2)3)16-10-8-11-18(19)12-16/h8,10-12,15,17,20H,4-7,9,13-14H2,1-3H3. The van der Waals surface area contributed by atoms with Crippen LogP contribution in [-0.4, -0.2) is 13.1 Å². The summed E-state index contributed by atoms with van der Waals surface area (Å²) < 4.78 is 1.19. The molecule has 0 radical (unpaired) electrons. The lowest BCUT2D eigenvalue weighted by molar-refractivity contribution is 0.483. The molecule has 0 saturated heterocycles. The van der Waals surface area contributed by atoms with Crippen molar-refractivity contribution in [3.05, 3.63) is 34.3 Å². The summed E-state index contributed by atoms with van der Waals surface area (Å²) in [6.07, 6.45) is 6.68. The number of hydrogen-bond donors (Lipinski definition) is 1. The quantitative estimate of drug-likeness (QED) is 0.535. The van der Waals surface area contributed by atoms with Crippen molar-refractivity contribution < 1.29 is 0 Å². The number of unbranched alkanes of at least 4 members (excludes halogenated alkanes) is 3. The summed E-state index contributed by atoms with van der Waals surface area (Å²) >= 11 is 3.59. The van der Waals surface area contributed by atoms with Gasteiger partial charge in [-0.3, -0.25) is 0 Å². The summed E-state index contributed by atoms with van der Waals surface area (Å²) in [4.78, 5) is 0. The van der Waals surface area contributed by atoms with E-state index in [-0.39, 0.29) is 0 Å². The predicted octanol–water partition coefficient (Wildman–Crippen LogP) is 5.75. The zero-order chi connectivity index (χ0) is 14.8. The summed E-state index contributed by atoms with van der Waals surface area (Å²) in [5, 5.41) is 3.63. The molecule has 1 aromatic rings. The Hall–Kier alpha value is -0.340. The summed E-state index contributed by atoms with van der Waals surface area (Å²) in [5.41, 5.74) is 1.46. The van der Waals surface area contributed by atoms with E-state index < -0.39 is 0 Å². The van der Waals surface area contributed by atoms with Gasteiger partial charge in [-0.05, 0) is 42.5 Å². The Bertz CT molecular complexity index is 362. The average molecular weight is 340 g/mol. The number of benzene rings is 1. The smallest absolute Gasteiger partial charge is 0.0178 e. The highest BCUT2D eigenvalue weighted by Crippen LogP contribution is 2.25. The number of rotatable bonds is 10. The first-order chi connectivity index (χ1) is 9.63. The molecule has 0 spiro atoms. The molecule has 0 bridgehead atoms. The Morgan fingerprint density at radius 3 is 2.55 bits per heavy atom. The second kappa shape index (κ2) is 10.4. The monoisotopic (exact) mass is 339 g/mol. The van der Waals surface area contributed by atoms with Crippen molar-refractivity contribution in [2.24, 2.45) is 5.92 Å². The number of nitrogens with one attached hydrogen (secondary N) is 1. The SMILES string of the molecule is CCCCCCC(CNCC(C)C)c1cccc(Br)c1. The molecule has 1 N–H and O–H groups in total. The van der Waals surface area contributed by atoms with Crippen LogP contribution < -0.4 is 5.32 Å². The fraction of sp³-hybridized carbons (Fsp3) is 0.667. The second-order valence-electron chi connectivity index (χ2n) is 6.15. The fourth-order valence-electron chi connectivity index (χ4n) is 2.51. The zero-order valence-corrected chi connectivity index (χ0v) is 14.9. The largest absolute Gasteiger partial charge is 0.316 e. The Morgan fingerprint density at radius 1 is 1.10 bits per heavy atom. The van der Waals surface area contributed by atoms with Gasteiger partial charge in [-0.15, -0.1) is 0 Å². The van der Waals surface area contributed by atoms with Crippen LogP contribution in [0.25, 0.3) is 0 Å². The molecule has 1 aromatic carbocycles. The first-order valence-electron chi connectivity index (χ1n) is 8.09. The van der Waals surface area contributed by atoms with Crippen LogP contribution in [0.5, 0.6) is 0 Å². The normalized spacial score (nSPS) is 12.8. The van der Waals surface area contributed by atoms with E-state index in [4.69, 9.17) is 0 Å². The number of halogens is 1. The van der Waals surface area contributed by atoms with Crippen LogP contribution in [0, 0.1) is 5.92 Å². The lowest BCUT2D eigenvalue weighted by atomic mass is 9.93. The van der Waals surface area contributed by atoms with Crippen LogP contribution in [0.1, 0.15) is 64.4 Å². The van der Waals surface area contributed by atoms with Gasteiger partial charge >= 0.3 is 0 Å². The zero-order valence-electron chi connectivity index (χ0n) is 13.3. The molecule has 2 heteroatoms. The van der Waals surface area contributed by atoms with E-state index in [1.165, 1.54) is 42.1 Å². The third kappa shape index (κ3) is 7.44. The van der Waals surface area contributed by atoms with Crippen LogP contribution in [0.3, 0.4) is 0 Å². The molecule has 1 rings (SSSR count). The molecule has 1 nitrogen and oxygen atoms in total. The van der Waals surface area contributed by atoms with Crippen molar-refractivity contribution in [2.45, 2.75) is 58.8 Å². The van der Waals surface area contributed by atoms with Gasteiger partial charge in [0.25, 0.3) is 0 Å². The van der Waals surface area contributed by atoms with Crippen molar-refractivity contribution in [3.8, 4) is 0 Å². The fourth-order valence-corrected chi connectivity index (χ4v) is 2.93. The first kappa shape index (κ1) is 17.7. The highest BCUT2D eigenvalue weighted by molar-refractivity contribution is 9.10. The molecular weight excluding hydrogens is 310 g/mol. The van der Waals surface area contributed by atoms with Gasteiger partial charge in [0.05, 0.1) is 0 Å². The lowest BCUT2D eigenvalue weighted by Gasteiger charge is -2.19. The van der Waals surface area contributed by atoms with Crippen LogP contribution >= 0.6 is 15.9 Å². The maximum absolute atomic E-state index is 3.63. The van der Waals surface area contributed by atoms with Crippen molar-refractivity contribution in [2.75, 3.05) is 13.1 Å². The third-order valence-electron chi connectivity index (χ3n) is 3.67. The molecule has 0 fully saturated rings. The molecule has 20 heavy (non-hydrogen) atoms. The Labute approximate surface area is 133 Å². The summed E-state index contributed by atoms with van der Waals surface area (Å²) in [6, 6.07) is 8.81. The lowest BCUT2D eigenvalue weighted by Crippen LogP contribution is -2.25. The summed E-state index contributed by atoms with van der Waals surface area (Å²) in [6.45, 7) is 9.01. The van der Waals surface area contributed by atoms with Gasteiger partial charge in [0.15, 0.2) is 0 Å². The minimum atomic E-state index is 0.642. The molecule has 0 amide bonds. The van der Waals surface area contributed by atoms with Gasteiger partial charge in [0.2, 0.25) is 0 Å². The van der Waals surface area contributed by atoms with E-state index >= 15 is 0 Å². The third-order valence-corrected chi connectivity index (χ3v) is 4.16. The van der Waals surface area contributed by atoms with Gasteiger partial charge in [0.1, 0.15) is 0 Å². The predicted molar refractivity (Wildman–Crippen MR) is 93.3 cm³/mol.